The summed E-state index contributed by atoms with van der Waals surface area (Å²) in [5, 5.41) is 11.8. The zero-order valence-corrected chi connectivity index (χ0v) is 13.1. The number of nitrogens with zero attached hydrogens (tertiary/aromatic N) is 1. The number of rotatable bonds is 3. The molecule has 0 aromatic heterocycles. The first-order valence-electron chi connectivity index (χ1n) is 7.51. The van der Waals surface area contributed by atoms with Crippen molar-refractivity contribution in [1.82, 2.24) is 10.2 Å². The van der Waals surface area contributed by atoms with Crippen molar-refractivity contribution >= 4 is 12.0 Å². The van der Waals surface area contributed by atoms with Crippen LogP contribution in [0.1, 0.15) is 31.9 Å². The van der Waals surface area contributed by atoms with Gasteiger partial charge in [0.2, 0.25) is 0 Å². The number of urea groups is 1. The van der Waals surface area contributed by atoms with Crippen LogP contribution in [0.5, 0.6) is 0 Å². The van der Waals surface area contributed by atoms with Crippen LogP contribution in [0.15, 0.2) is 18.2 Å². The summed E-state index contributed by atoms with van der Waals surface area (Å²) in [5.74, 6) is -2.85. The maximum absolute atomic E-state index is 13.7. The van der Waals surface area contributed by atoms with Crippen molar-refractivity contribution in [2.45, 2.75) is 26.3 Å². The van der Waals surface area contributed by atoms with Crippen LogP contribution in [-0.4, -0.2) is 35.1 Å². The molecule has 2 amide bonds. The fourth-order valence-corrected chi connectivity index (χ4v) is 2.90. The molecule has 5 nitrogen and oxygen atoms in total. The third kappa shape index (κ3) is 4.18. The van der Waals surface area contributed by atoms with Crippen molar-refractivity contribution in [2.24, 2.45) is 11.8 Å². The number of benzene rings is 1. The van der Waals surface area contributed by atoms with Gasteiger partial charge in [-0.2, -0.15) is 0 Å². The molecule has 2 N–H and O–H groups in total. The molecule has 1 aromatic carbocycles. The molecule has 1 heterocycles. The van der Waals surface area contributed by atoms with Crippen molar-refractivity contribution in [3.8, 4) is 0 Å². The fraction of sp³-hybridized carbons (Fsp3) is 0.500. The molecule has 0 spiro atoms. The lowest BCUT2D eigenvalue weighted by atomic mass is 9.91. The Hall–Kier alpha value is -2.18. The van der Waals surface area contributed by atoms with Gasteiger partial charge >= 0.3 is 12.0 Å². The number of carboxylic acids is 1. The van der Waals surface area contributed by atoms with Crippen LogP contribution >= 0.6 is 0 Å². The van der Waals surface area contributed by atoms with E-state index in [0.29, 0.717) is 13.0 Å². The molecule has 1 aromatic rings. The summed E-state index contributed by atoms with van der Waals surface area (Å²) < 4.78 is 26.7. The molecule has 1 saturated heterocycles. The highest BCUT2D eigenvalue weighted by Gasteiger charge is 2.32. The zero-order chi connectivity index (χ0) is 17.1. The van der Waals surface area contributed by atoms with Crippen molar-refractivity contribution in [1.29, 1.82) is 0 Å². The molecule has 3 atom stereocenters. The molecule has 0 radical (unpaired) electrons. The van der Waals surface area contributed by atoms with Gasteiger partial charge in [0.15, 0.2) is 0 Å². The van der Waals surface area contributed by atoms with Gasteiger partial charge in [-0.25, -0.2) is 13.6 Å². The predicted molar refractivity (Wildman–Crippen MR) is 79.8 cm³/mol. The minimum absolute atomic E-state index is 0.0773. The Kier molecular flexibility index (Phi) is 5.18. The van der Waals surface area contributed by atoms with E-state index >= 15 is 0 Å². The Morgan fingerprint density at radius 2 is 2.04 bits per heavy atom. The second kappa shape index (κ2) is 6.93. The number of likely N-dealkylation sites (tertiary alicyclic amines) is 1. The van der Waals surface area contributed by atoms with Gasteiger partial charge < -0.3 is 15.3 Å². The fourth-order valence-electron chi connectivity index (χ4n) is 2.90. The lowest BCUT2D eigenvalue weighted by Crippen LogP contribution is -2.50. The van der Waals surface area contributed by atoms with Gasteiger partial charge in [-0.1, -0.05) is 13.0 Å². The minimum atomic E-state index is -0.924. The second-order valence-corrected chi connectivity index (χ2v) is 6.12. The van der Waals surface area contributed by atoms with Crippen LogP contribution in [0.2, 0.25) is 0 Å². The molecule has 0 saturated carbocycles. The predicted octanol–water partition coefficient (Wildman–Crippen LogP) is 2.78. The smallest absolute Gasteiger partial charge is 0.317 e. The number of halogens is 2. The molecule has 1 fully saturated rings. The Bertz CT molecular complexity index is 609. The number of carboxylic acid groups (broad SMARTS) is 1. The monoisotopic (exact) mass is 326 g/mol. The van der Waals surface area contributed by atoms with E-state index < -0.39 is 35.6 Å². The third-order valence-electron chi connectivity index (χ3n) is 4.07. The summed E-state index contributed by atoms with van der Waals surface area (Å²) >= 11 is 0. The molecule has 2 rings (SSSR count). The van der Waals surface area contributed by atoms with Crippen LogP contribution in [0.25, 0.3) is 0 Å². The normalized spacial score (nSPS) is 22.5. The van der Waals surface area contributed by atoms with Gasteiger partial charge in [0.25, 0.3) is 0 Å². The van der Waals surface area contributed by atoms with Crippen LogP contribution in [0, 0.1) is 23.5 Å². The van der Waals surface area contributed by atoms with Gasteiger partial charge in [-0.05, 0) is 25.3 Å². The van der Waals surface area contributed by atoms with Crippen molar-refractivity contribution in [3.63, 3.8) is 0 Å². The van der Waals surface area contributed by atoms with Gasteiger partial charge in [0.05, 0.1) is 12.0 Å². The Labute approximate surface area is 133 Å². The van der Waals surface area contributed by atoms with E-state index in [1.54, 1.807) is 6.92 Å². The number of carbonyl (C=O) groups is 2. The van der Waals surface area contributed by atoms with E-state index in [2.05, 4.69) is 5.32 Å². The first-order chi connectivity index (χ1) is 10.8. The van der Waals surface area contributed by atoms with Crippen molar-refractivity contribution in [3.05, 3.63) is 35.4 Å². The zero-order valence-electron chi connectivity index (χ0n) is 13.1. The first-order valence-corrected chi connectivity index (χ1v) is 7.51. The number of piperidine rings is 1. The number of hydrogen-bond acceptors (Lipinski definition) is 2. The highest BCUT2D eigenvalue weighted by atomic mass is 19.1. The summed E-state index contributed by atoms with van der Waals surface area (Å²) in [6.45, 7) is 4.06. The van der Waals surface area contributed by atoms with Gasteiger partial charge in [0.1, 0.15) is 11.6 Å². The van der Waals surface area contributed by atoms with E-state index in [0.717, 1.165) is 12.1 Å². The molecule has 7 heteroatoms. The number of hydrogen-bond donors (Lipinski definition) is 2. The van der Waals surface area contributed by atoms with Crippen molar-refractivity contribution in [2.75, 3.05) is 13.1 Å². The maximum atomic E-state index is 13.7. The number of nitrogens with one attached hydrogen (secondary N) is 1. The lowest BCUT2D eigenvalue weighted by molar-refractivity contribution is -0.143. The largest absolute Gasteiger partial charge is 0.481 e. The average molecular weight is 326 g/mol. The van der Waals surface area contributed by atoms with E-state index in [-0.39, 0.29) is 18.0 Å². The first kappa shape index (κ1) is 17.2. The van der Waals surface area contributed by atoms with E-state index in [1.807, 2.05) is 6.92 Å². The topological polar surface area (TPSA) is 69.6 Å². The van der Waals surface area contributed by atoms with Gasteiger partial charge in [-0.3, -0.25) is 4.79 Å². The number of carbonyl (C=O) groups excluding carboxylic acids is 1. The number of aliphatic carboxylic acids is 1. The Morgan fingerprint density at radius 1 is 1.35 bits per heavy atom. The Morgan fingerprint density at radius 3 is 2.65 bits per heavy atom. The highest BCUT2D eigenvalue weighted by Crippen LogP contribution is 2.23. The van der Waals surface area contributed by atoms with E-state index in [9.17, 15) is 18.4 Å². The van der Waals surface area contributed by atoms with Crippen LogP contribution < -0.4 is 5.32 Å². The van der Waals surface area contributed by atoms with Crippen LogP contribution in [0.3, 0.4) is 0 Å². The van der Waals surface area contributed by atoms with Gasteiger partial charge in [-0.15, -0.1) is 0 Å². The molecular formula is C16H20F2N2O3. The van der Waals surface area contributed by atoms with E-state index in [4.69, 9.17) is 5.11 Å². The van der Waals surface area contributed by atoms with Gasteiger partial charge in [0, 0.05) is 24.7 Å². The standard InChI is InChI=1S/C16H20F2N2O3/c1-9-5-11(15(21)22)8-20(7-9)16(23)19-10(2)13-4-3-12(17)6-14(13)18/h3-4,6,9-11H,5,7-8H2,1-2H3,(H,19,23)(H,21,22)/t9?,10-,11?/m0/s1. The lowest BCUT2D eigenvalue weighted by Gasteiger charge is -2.35. The molecule has 1 aliphatic heterocycles. The summed E-state index contributed by atoms with van der Waals surface area (Å²) in [6.07, 6.45) is 0.529. The molecule has 23 heavy (non-hydrogen) atoms. The third-order valence-corrected chi connectivity index (χ3v) is 4.07. The van der Waals surface area contributed by atoms with E-state index in [1.165, 1.54) is 11.0 Å². The molecule has 126 valence electrons. The Balaban J connectivity index is 2.04. The summed E-state index contributed by atoms with van der Waals surface area (Å²) in [7, 11) is 0. The molecule has 1 aliphatic rings. The minimum Gasteiger partial charge on any atom is -0.481 e. The van der Waals surface area contributed by atoms with Crippen LogP contribution in [-0.2, 0) is 4.79 Å². The summed E-state index contributed by atoms with van der Waals surface area (Å²) in [4.78, 5) is 24.9. The quantitative estimate of drug-likeness (QED) is 0.897. The second-order valence-electron chi connectivity index (χ2n) is 6.12. The summed E-state index contributed by atoms with van der Waals surface area (Å²) in [6, 6.07) is 2.09. The highest BCUT2D eigenvalue weighted by molar-refractivity contribution is 5.77. The molecular weight excluding hydrogens is 306 g/mol. The summed E-state index contributed by atoms with van der Waals surface area (Å²) in [5.41, 5.74) is 0.180. The number of amides is 2. The maximum Gasteiger partial charge on any atom is 0.317 e. The molecule has 2 unspecified atom stereocenters. The SMILES string of the molecule is CC1CC(C(=O)O)CN(C(=O)N[C@@H](C)c2ccc(F)cc2F)C1. The molecule has 0 aliphatic carbocycles. The van der Waals surface area contributed by atoms with Crippen molar-refractivity contribution < 1.29 is 23.5 Å². The molecule has 0 bridgehead atoms. The van der Waals surface area contributed by atoms with Crippen LogP contribution in [0.4, 0.5) is 13.6 Å². The average Bonchev–Trinajstić information content (AvgIpc) is 2.46.